The first-order valence-electron chi connectivity index (χ1n) is 4.84. The van der Waals surface area contributed by atoms with Crippen LogP contribution in [0.3, 0.4) is 0 Å². The zero-order valence-electron chi connectivity index (χ0n) is 9.43. The van der Waals surface area contributed by atoms with Gasteiger partial charge in [0.15, 0.2) is 11.5 Å². The smallest absolute Gasteiger partial charge is 0.222 e. The summed E-state index contributed by atoms with van der Waals surface area (Å²) in [5.74, 6) is 1.03. The topological polar surface area (TPSA) is 90.7 Å². The lowest BCUT2D eigenvalue weighted by molar-refractivity contribution is 0.352. The number of nitrogen functional groups attached to an aromatic ring is 1. The minimum Gasteiger partial charge on any atom is -0.507 e. The summed E-state index contributed by atoms with van der Waals surface area (Å²) in [6.07, 6.45) is 0. The van der Waals surface area contributed by atoms with Crippen LogP contribution in [0.15, 0.2) is 22.7 Å². The van der Waals surface area contributed by atoms with Crippen molar-refractivity contribution in [3.8, 4) is 28.5 Å². The highest BCUT2D eigenvalue weighted by Crippen LogP contribution is 2.43. The average molecular weight is 236 g/mol. The molecule has 1 heterocycles. The molecule has 0 saturated carbocycles. The molecule has 0 amide bonds. The first-order valence-corrected chi connectivity index (χ1v) is 4.84. The van der Waals surface area contributed by atoms with Gasteiger partial charge in [-0.1, -0.05) is 5.16 Å². The van der Waals surface area contributed by atoms with E-state index >= 15 is 0 Å². The molecule has 2 rings (SSSR count). The van der Waals surface area contributed by atoms with E-state index in [1.165, 1.54) is 26.4 Å². The van der Waals surface area contributed by atoms with E-state index in [1.807, 2.05) is 0 Å². The summed E-state index contributed by atoms with van der Waals surface area (Å²) in [6, 6.07) is 4.58. The molecule has 6 nitrogen and oxygen atoms in total. The quantitative estimate of drug-likeness (QED) is 0.841. The van der Waals surface area contributed by atoms with Gasteiger partial charge in [0.25, 0.3) is 0 Å². The Kier molecular flexibility index (Phi) is 2.78. The van der Waals surface area contributed by atoms with Crippen LogP contribution in [0.2, 0.25) is 0 Å². The first kappa shape index (κ1) is 11.1. The molecule has 0 atom stereocenters. The Bertz CT molecular complexity index is 536. The van der Waals surface area contributed by atoms with Gasteiger partial charge in [0.1, 0.15) is 11.4 Å². The maximum Gasteiger partial charge on any atom is 0.222 e. The maximum atomic E-state index is 9.85. The third-order valence-electron chi connectivity index (χ3n) is 2.31. The monoisotopic (exact) mass is 236 g/mol. The number of aromatic nitrogens is 1. The summed E-state index contributed by atoms with van der Waals surface area (Å²) in [4.78, 5) is 0. The molecule has 1 aromatic heterocycles. The standard InChI is InChI=1S/C11H12N2O4/c1-15-8-4-3-7(14)10(11(8)16-2)6-5-9(12)17-13-6/h3-5,14H,12H2,1-2H3. The number of methoxy groups -OCH3 is 2. The molecule has 3 N–H and O–H groups in total. The number of hydrogen-bond donors (Lipinski definition) is 2. The second-order valence-electron chi connectivity index (χ2n) is 3.31. The van der Waals surface area contributed by atoms with Crippen molar-refractivity contribution < 1.29 is 19.1 Å². The van der Waals surface area contributed by atoms with E-state index in [4.69, 9.17) is 19.7 Å². The molecule has 0 aliphatic carbocycles. The molecule has 0 aliphatic heterocycles. The second kappa shape index (κ2) is 4.25. The average Bonchev–Trinajstić information content (AvgIpc) is 2.74. The van der Waals surface area contributed by atoms with Crippen molar-refractivity contribution in [1.82, 2.24) is 5.16 Å². The van der Waals surface area contributed by atoms with Gasteiger partial charge in [0.05, 0.1) is 19.8 Å². The highest BCUT2D eigenvalue weighted by Gasteiger charge is 2.19. The van der Waals surface area contributed by atoms with E-state index in [1.54, 1.807) is 6.07 Å². The minimum absolute atomic E-state index is 0.0101. The molecular weight excluding hydrogens is 224 g/mol. The fraction of sp³-hybridized carbons (Fsp3) is 0.182. The summed E-state index contributed by atoms with van der Waals surface area (Å²) < 4.78 is 15.1. The Morgan fingerprint density at radius 2 is 2.06 bits per heavy atom. The van der Waals surface area contributed by atoms with E-state index < -0.39 is 0 Å². The highest BCUT2D eigenvalue weighted by atomic mass is 16.5. The molecule has 2 aromatic rings. The minimum atomic E-state index is 0.0101. The van der Waals surface area contributed by atoms with Gasteiger partial charge in [-0.25, -0.2) is 0 Å². The number of rotatable bonds is 3. The van der Waals surface area contributed by atoms with Crippen LogP contribution in [0.25, 0.3) is 11.3 Å². The molecule has 90 valence electrons. The molecule has 17 heavy (non-hydrogen) atoms. The number of benzene rings is 1. The van der Waals surface area contributed by atoms with Gasteiger partial charge < -0.3 is 24.8 Å². The molecule has 0 unspecified atom stereocenters. The van der Waals surface area contributed by atoms with E-state index in [0.29, 0.717) is 22.8 Å². The molecule has 0 spiro atoms. The summed E-state index contributed by atoms with van der Waals surface area (Å²) in [5.41, 5.74) is 6.21. The van der Waals surface area contributed by atoms with Gasteiger partial charge in [-0.15, -0.1) is 0 Å². The lowest BCUT2D eigenvalue weighted by atomic mass is 10.1. The van der Waals surface area contributed by atoms with Crippen molar-refractivity contribution in [3.63, 3.8) is 0 Å². The number of phenolic OH excluding ortho intramolecular Hbond substituents is 1. The SMILES string of the molecule is COc1ccc(O)c(-c2cc(N)on2)c1OC. The van der Waals surface area contributed by atoms with Gasteiger partial charge in [-0.2, -0.15) is 0 Å². The van der Waals surface area contributed by atoms with Crippen LogP contribution in [-0.4, -0.2) is 24.5 Å². The van der Waals surface area contributed by atoms with E-state index in [2.05, 4.69) is 5.16 Å². The van der Waals surface area contributed by atoms with Crippen LogP contribution in [0.5, 0.6) is 17.2 Å². The summed E-state index contributed by atoms with van der Waals surface area (Å²) in [7, 11) is 2.99. The van der Waals surface area contributed by atoms with Gasteiger partial charge >= 0.3 is 0 Å². The fourth-order valence-electron chi connectivity index (χ4n) is 1.57. The van der Waals surface area contributed by atoms with Crippen molar-refractivity contribution in [2.75, 3.05) is 20.0 Å². The number of hydrogen-bond acceptors (Lipinski definition) is 6. The Labute approximate surface area is 97.5 Å². The Morgan fingerprint density at radius 1 is 1.29 bits per heavy atom. The second-order valence-corrected chi connectivity index (χ2v) is 3.31. The van der Waals surface area contributed by atoms with E-state index in [9.17, 15) is 5.11 Å². The first-order chi connectivity index (χ1) is 8.17. The number of nitrogens with zero attached hydrogens (tertiary/aromatic N) is 1. The highest BCUT2D eigenvalue weighted by molar-refractivity contribution is 5.77. The normalized spacial score (nSPS) is 10.2. The summed E-state index contributed by atoms with van der Waals surface area (Å²) in [5, 5.41) is 13.6. The van der Waals surface area contributed by atoms with Crippen LogP contribution in [0, 0.1) is 0 Å². The third-order valence-corrected chi connectivity index (χ3v) is 2.31. The largest absolute Gasteiger partial charge is 0.507 e. The van der Waals surface area contributed by atoms with E-state index in [0.717, 1.165) is 0 Å². The molecule has 6 heteroatoms. The predicted molar refractivity (Wildman–Crippen MR) is 61.1 cm³/mol. The number of phenols is 1. The molecule has 0 fully saturated rings. The zero-order valence-corrected chi connectivity index (χ0v) is 9.43. The fourth-order valence-corrected chi connectivity index (χ4v) is 1.57. The molecule has 0 saturated heterocycles. The number of anilines is 1. The van der Waals surface area contributed by atoms with Gasteiger partial charge in [0, 0.05) is 6.07 Å². The Morgan fingerprint density at radius 3 is 2.59 bits per heavy atom. The van der Waals surface area contributed by atoms with Crippen LogP contribution in [0.1, 0.15) is 0 Å². The van der Waals surface area contributed by atoms with E-state index in [-0.39, 0.29) is 11.6 Å². The lowest BCUT2D eigenvalue weighted by Crippen LogP contribution is -1.93. The Balaban J connectivity index is 2.66. The van der Waals surface area contributed by atoms with Crippen LogP contribution >= 0.6 is 0 Å². The third kappa shape index (κ3) is 1.84. The zero-order chi connectivity index (χ0) is 12.4. The van der Waals surface area contributed by atoms with Gasteiger partial charge in [-0.3, -0.25) is 0 Å². The van der Waals surface area contributed by atoms with Gasteiger partial charge in [0.2, 0.25) is 5.88 Å². The number of nitrogens with two attached hydrogens (primary N) is 1. The van der Waals surface area contributed by atoms with Crippen molar-refractivity contribution in [3.05, 3.63) is 18.2 Å². The Hall–Kier alpha value is -2.37. The maximum absolute atomic E-state index is 9.85. The van der Waals surface area contributed by atoms with Crippen molar-refractivity contribution in [2.24, 2.45) is 0 Å². The molecule has 0 aliphatic rings. The molecular formula is C11H12N2O4. The van der Waals surface area contributed by atoms with Crippen LogP contribution < -0.4 is 15.2 Å². The van der Waals surface area contributed by atoms with Crippen LogP contribution in [-0.2, 0) is 0 Å². The van der Waals surface area contributed by atoms with Crippen molar-refractivity contribution >= 4 is 5.88 Å². The van der Waals surface area contributed by atoms with Crippen LogP contribution in [0.4, 0.5) is 5.88 Å². The predicted octanol–water partition coefficient (Wildman–Crippen LogP) is 1.65. The summed E-state index contributed by atoms with van der Waals surface area (Å²) >= 11 is 0. The lowest BCUT2D eigenvalue weighted by Gasteiger charge is -2.12. The molecule has 1 aromatic carbocycles. The number of aromatic hydroxyl groups is 1. The molecule has 0 bridgehead atoms. The number of ether oxygens (including phenoxy) is 2. The van der Waals surface area contributed by atoms with Crippen molar-refractivity contribution in [2.45, 2.75) is 0 Å². The molecule has 0 radical (unpaired) electrons. The summed E-state index contributed by atoms with van der Waals surface area (Å²) in [6.45, 7) is 0. The van der Waals surface area contributed by atoms with Gasteiger partial charge in [-0.05, 0) is 12.1 Å². The van der Waals surface area contributed by atoms with Crippen molar-refractivity contribution in [1.29, 1.82) is 0 Å².